The van der Waals surface area contributed by atoms with Crippen LogP contribution in [0.25, 0.3) is 0 Å². The maximum atomic E-state index is 14.2. The summed E-state index contributed by atoms with van der Waals surface area (Å²) in [5, 5.41) is 0. The number of ether oxygens (including phenoxy) is 2. The number of nitrogens with zero attached hydrogens (tertiary/aromatic N) is 1. The second kappa shape index (κ2) is 6.83. The molecule has 2 heterocycles. The average Bonchev–Trinajstić information content (AvgIpc) is 3.52. The summed E-state index contributed by atoms with van der Waals surface area (Å²) in [6.07, 6.45) is 2.68. The number of carbonyl (C=O) groups is 1. The Bertz CT molecular complexity index is 1140. The van der Waals surface area contributed by atoms with E-state index in [-0.39, 0.29) is 10.8 Å². The molecule has 0 radical (unpaired) electrons. The lowest BCUT2D eigenvalue weighted by Gasteiger charge is -2.32. The van der Waals surface area contributed by atoms with Crippen molar-refractivity contribution in [3.63, 3.8) is 0 Å². The van der Waals surface area contributed by atoms with Gasteiger partial charge in [0.25, 0.3) is 11.7 Å². The molecule has 0 bridgehead atoms. The number of sulfone groups is 1. The molecule has 1 saturated heterocycles. The first-order valence-electron chi connectivity index (χ1n) is 9.77. The van der Waals surface area contributed by atoms with Gasteiger partial charge < -0.3 is 14.4 Å². The van der Waals surface area contributed by atoms with Crippen LogP contribution in [0.1, 0.15) is 24.8 Å². The number of carbonyl (C=O) groups excluding carboxylic acids is 1. The first-order chi connectivity index (χ1) is 14.3. The molecule has 6 nitrogen and oxygen atoms in total. The number of amides is 1. The van der Waals surface area contributed by atoms with E-state index in [4.69, 9.17) is 9.47 Å². The van der Waals surface area contributed by atoms with Gasteiger partial charge in [-0.2, -0.15) is 0 Å². The molecule has 0 unspecified atom stereocenters. The van der Waals surface area contributed by atoms with Crippen molar-refractivity contribution < 1.29 is 31.5 Å². The van der Waals surface area contributed by atoms with Crippen LogP contribution in [0.2, 0.25) is 0 Å². The number of halogens is 2. The molecule has 2 aromatic carbocycles. The molecule has 3 aliphatic rings. The fourth-order valence-electron chi connectivity index (χ4n) is 3.95. The van der Waals surface area contributed by atoms with Gasteiger partial charge in [-0.25, -0.2) is 17.2 Å². The van der Waals surface area contributed by atoms with E-state index in [0.717, 1.165) is 25.0 Å². The number of fused-ring (bicyclic) bond motifs is 2. The fourth-order valence-corrected chi connectivity index (χ4v) is 5.29. The summed E-state index contributed by atoms with van der Waals surface area (Å²) in [4.78, 5) is 14.0. The van der Waals surface area contributed by atoms with Crippen LogP contribution in [0.3, 0.4) is 0 Å². The number of hydrogen-bond donors (Lipinski definition) is 0. The standard InChI is InChI=1S/C21H19F2NO5S/c22-14-4-7-19(17(23)10-14)30(26,27)15-5-6-18-16(11-15)21(28-8-1-9-29-21)20(25)24(18)12-13-2-3-13/h4-7,10-11,13H,1-3,8-9,12H2. The first kappa shape index (κ1) is 19.6. The molecule has 1 saturated carbocycles. The van der Waals surface area contributed by atoms with Crippen LogP contribution in [0.5, 0.6) is 0 Å². The molecule has 9 heteroatoms. The van der Waals surface area contributed by atoms with E-state index in [1.807, 2.05) is 0 Å². The zero-order valence-electron chi connectivity index (χ0n) is 15.9. The summed E-state index contributed by atoms with van der Waals surface area (Å²) < 4.78 is 65.1. The van der Waals surface area contributed by atoms with Gasteiger partial charge in [0.2, 0.25) is 9.84 Å². The molecule has 0 N–H and O–H groups in total. The third-order valence-corrected chi connectivity index (χ3v) is 7.46. The van der Waals surface area contributed by atoms with Crippen molar-refractivity contribution in [1.29, 1.82) is 0 Å². The summed E-state index contributed by atoms with van der Waals surface area (Å²) in [5.41, 5.74) is 0.837. The van der Waals surface area contributed by atoms with Crippen molar-refractivity contribution in [3.8, 4) is 0 Å². The molecule has 1 spiro atoms. The lowest BCUT2D eigenvalue weighted by Crippen LogP contribution is -2.47. The molecule has 2 aromatic rings. The van der Waals surface area contributed by atoms with Crippen molar-refractivity contribution in [2.45, 2.75) is 34.8 Å². The Morgan fingerprint density at radius 1 is 1.07 bits per heavy atom. The van der Waals surface area contributed by atoms with Gasteiger partial charge >= 0.3 is 0 Å². The smallest absolute Gasteiger partial charge is 0.292 e. The predicted octanol–water partition coefficient (Wildman–Crippen LogP) is 3.14. The zero-order chi connectivity index (χ0) is 21.1. The second-order valence-electron chi connectivity index (χ2n) is 7.78. The van der Waals surface area contributed by atoms with Gasteiger partial charge in [-0.15, -0.1) is 0 Å². The summed E-state index contributed by atoms with van der Waals surface area (Å²) in [6.45, 7) is 1.11. The minimum atomic E-state index is -4.29. The molecule has 0 aromatic heterocycles. The van der Waals surface area contributed by atoms with Crippen molar-refractivity contribution in [3.05, 3.63) is 53.6 Å². The van der Waals surface area contributed by atoms with Gasteiger partial charge in [0.05, 0.1) is 23.8 Å². The van der Waals surface area contributed by atoms with Crippen molar-refractivity contribution in [2.24, 2.45) is 5.92 Å². The van der Waals surface area contributed by atoms with Crippen LogP contribution >= 0.6 is 0 Å². The average molecular weight is 435 g/mol. The third kappa shape index (κ3) is 2.95. The number of hydrogen-bond acceptors (Lipinski definition) is 5. The Labute approximate surface area is 172 Å². The van der Waals surface area contributed by atoms with E-state index in [1.165, 1.54) is 18.2 Å². The highest BCUT2D eigenvalue weighted by atomic mass is 32.2. The second-order valence-corrected chi connectivity index (χ2v) is 9.70. The quantitative estimate of drug-likeness (QED) is 0.690. The molecule has 0 atom stereocenters. The molecule has 2 aliphatic heterocycles. The van der Waals surface area contributed by atoms with Crippen molar-refractivity contribution in [1.82, 2.24) is 0 Å². The van der Waals surface area contributed by atoms with Crippen LogP contribution in [-0.4, -0.2) is 34.1 Å². The molecule has 158 valence electrons. The Kier molecular flexibility index (Phi) is 4.46. The van der Waals surface area contributed by atoms with E-state index in [0.29, 0.717) is 49.4 Å². The minimum Gasteiger partial charge on any atom is -0.338 e. The van der Waals surface area contributed by atoms with Gasteiger partial charge in [0, 0.05) is 18.2 Å². The number of anilines is 1. The lowest BCUT2D eigenvalue weighted by molar-refractivity contribution is -0.256. The van der Waals surface area contributed by atoms with Gasteiger partial charge in [-0.05, 0) is 55.5 Å². The van der Waals surface area contributed by atoms with Gasteiger partial charge in [0.15, 0.2) is 0 Å². The van der Waals surface area contributed by atoms with Crippen LogP contribution in [0.15, 0.2) is 46.2 Å². The normalized spacial score (nSPS) is 20.6. The van der Waals surface area contributed by atoms with E-state index in [1.54, 1.807) is 4.90 Å². The largest absolute Gasteiger partial charge is 0.338 e. The van der Waals surface area contributed by atoms with Crippen LogP contribution in [0, 0.1) is 17.6 Å². The van der Waals surface area contributed by atoms with Gasteiger partial charge in [-0.1, -0.05) is 0 Å². The molecular formula is C21H19F2NO5S. The summed E-state index contributed by atoms with van der Waals surface area (Å²) in [6, 6.07) is 6.46. The highest BCUT2D eigenvalue weighted by molar-refractivity contribution is 7.91. The highest BCUT2D eigenvalue weighted by Crippen LogP contribution is 2.48. The molecule has 5 rings (SSSR count). The van der Waals surface area contributed by atoms with E-state index in [9.17, 15) is 22.0 Å². The van der Waals surface area contributed by atoms with E-state index >= 15 is 0 Å². The third-order valence-electron chi connectivity index (χ3n) is 5.67. The Balaban J connectivity index is 1.63. The summed E-state index contributed by atoms with van der Waals surface area (Å²) in [5.74, 6) is -3.70. The minimum absolute atomic E-state index is 0.218. The maximum Gasteiger partial charge on any atom is 0.292 e. The molecular weight excluding hydrogens is 416 g/mol. The maximum absolute atomic E-state index is 14.2. The SMILES string of the molecule is O=C1N(CC2CC2)c2ccc(S(=O)(=O)c3ccc(F)cc3F)cc2C12OCCCO2. The zero-order valence-corrected chi connectivity index (χ0v) is 16.8. The first-order valence-corrected chi connectivity index (χ1v) is 11.3. The number of rotatable bonds is 4. The fraction of sp³-hybridized carbons (Fsp3) is 0.381. The topological polar surface area (TPSA) is 72.9 Å². The van der Waals surface area contributed by atoms with E-state index < -0.39 is 32.2 Å². The van der Waals surface area contributed by atoms with Crippen LogP contribution < -0.4 is 4.90 Å². The van der Waals surface area contributed by atoms with Gasteiger partial charge in [-0.3, -0.25) is 4.79 Å². The predicted molar refractivity (Wildman–Crippen MR) is 102 cm³/mol. The highest BCUT2D eigenvalue weighted by Gasteiger charge is 2.55. The van der Waals surface area contributed by atoms with Crippen LogP contribution in [0.4, 0.5) is 14.5 Å². The van der Waals surface area contributed by atoms with Crippen molar-refractivity contribution in [2.75, 3.05) is 24.7 Å². The van der Waals surface area contributed by atoms with Crippen molar-refractivity contribution >= 4 is 21.4 Å². The van der Waals surface area contributed by atoms with Crippen LogP contribution in [-0.2, 0) is 29.9 Å². The Morgan fingerprint density at radius 2 is 1.80 bits per heavy atom. The lowest BCUT2D eigenvalue weighted by atomic mass is 10.1. The molecule has 30 heavy (non-hydrogen) atoms. The van der Waals surface area contributed by atoms with E-state index in [2.05, 4.69) is 0 Å². The Morgan fingerprint density at radius 3 is 2.47 bits per heavy atom. The summed E-state index contributed by atoms with van der Waals surface area (Å²) in [7, 11) is -4.29. The molecule has 1 amide bonds. The van der Waals surface area contributed by atoms with Gasteiger partial charge in [0.1, 0.15) is 16.5 Å². The monoisotopic (exact) mass is 435 g/mol. The molecule has 2 fully saturated rings. The molecule has 1 aliphatic carbocycles. The summed E-state index contributed by atoms with van der Waals surface area (Å²) >= 11 is 0. The number of benzene rings is 2. The Hall–Kier alpha value is -2.36.